The monoisotopic (exact) mass is 418 g/mol. The van der Waals surface area contributed by atoms with E-state index in [0.717, 1.165) is 54.1 Å². The van der Waals surface area contributed by atoms with Gasteiger partial charge in [0.1, 0.15) is 5.82 Å². The van der Waals surface area contributed by atoms with Crippen molar-refractivity contribution in [2.24, 2.45) is 0 Å². The van der Waals surface area contributed by atoms with Crippen molar-refractivity contribution in [2.45, 2.75) is 25.7 Å². The number of hydrogen-bond acceptors (Lipinski definition) is 5. The fraction of sp³-hybridized carbons (Fsp3) is 0.250. The Hall–Kier alpha value is -3.17. The molecule has 152 valence electrons. The zero-order valence-electron chi connectivity index (χ0n) is 16.9. The minimum absolute atomic E-state index is 0.169. The molecule has 0 radical (unpaired) electrons. The molecular weight excluding hydrogens is 395 g/mol. The number of thiazole rings is 1. The highest BCUT2D eigenvalue weighted by Crippen LogP contribution is 2.36. The van der Waals surface area contributed by atoms with Crippen molar-refractivity contribution in [2.75, 3.05) is 23.3 Å². The van der Waals surface area contributed by atoms with Crippen LogP contribution in [-0.4, -0.2) is 18.1 Å². The molecule has 1 aromatic heterocycles. The quantitative estimate of drug-likeness (QED) is 0.558. The number of nitrogens with one attached hydrogen (secondary N) is 1. The van der Waals surface area contributed by atoms with E-state index in [9.17, 15) is 9.65 Å². The third kappa shape index (κ3) is 4.22. The van der Waals surface area contributed by atoms with Crippen molar-refractivity contribution in [3.8, 4) is 6.07 Å². The summed E-state index contributed by atoms with van der Waals surface area (Å²) in [7, 11) is 0. The molecule has 3 aromatic rings. The topological polar surface area (TPSA) is 52.0 Å². The molecule has 4 nitrogen and oxygen atoms in total. The number of nitrogens with zero attached hydrogens (tertiary/aromatic N) is 3. The smallest absolute Gasteiger partial charge is 0.123 e. The standard InChI is InChI=1S/C24H23FN4S/c1-16-3-5-20(25)12-21(16)19-7-9-29(10-8-19)24-6-4-18(13-26)11-22(24)28-17(2)23-14-30-15-27-23/h3-6,11-12,14-15,19,28H,2,7-10H2,1H3. The highest BCUT2D eigenvalue weighted by Gasteiger charge is 2.24. The summed E-state index contributed by atoms with van der Waals surface area (Å²) >= 11 is 1.52. The van der Waals surface area contributed by atoms with E-state index in [1.807, 2.05) is 36.6 Å². The first kappa shape index (κ1) is 20.1. The Bertz CT molecular complexity index is 1090. The Labute approximate surface area is 180 Å². The SMILES string of the molecule is C=C(Nc1cc(C#N)ccc1N1CCC(c2cc(F)ccc2C)CC1)c1cscn1. The lowest BCUT2D eigenvalue weighted by atomic mass is 9.86. The molecule has 0 aliphatic carbocycles. The molecule has 0 unspecified atom stereocenters. The predicted molar refractivity (Wildman–Crippen MR) is 121 cm³/mol. The second-order valence-corrected chi connectivity index (χ2v) is 8.30. The summed E-state index contributed by atoms with van der Waals surface area (Å²) in [5.74, 6) is 0.189. The summed E-state index contributed by atoms with van der Waals surface area (Å²) in [5, 5.41) is 14.6. The van der Waals surface area contributed by atoms with Gasteiger partial charge in [-0.25, -0.2) is 9.37 Å². The Kier molecular flexibility index (Phi) is 5.82. The molecule has 4 rings (SSSR count). The largest absolute Gasteiger partial charge is 0.370 e. The van der Waals surface area contributed by atoms with E-state index in [1.54, 1.807) is 11.6 Å². The maximum absolute atomic E-state index is 13.7. The molecule has 2 heterocycles. The fourth-order valence-corrected chi connectivity index (χ4v) is 4.62. The van der Waals surface area contributed by atoms with Crippen LogP contribution in [0.1, 0.15) is 41.1 Å². The highest BCUT2D eigenvalue weighted by molar-refractivity contribution is 7.07. The van der Waals surface area contributed by atoms with Crippen molar-refractivity contribution in [3.63, 3.8) is 0 Å². The van der Waals surface area contributed by atoms with Gasteiger partial charge in [-0.15, -0.1) is 11.3 Å². The second-order valence-electron chi connectivity index (χ2n) is 7.58. The van der Waals surface area contributed by atoms with Crippen molar-refractivity contribution >= 4 is 28.4 Å². The van der Waals surface area contributed by atoms with Gasteiger partial charge in [-0.05, 0) is 67.1 Å². The molecule has 1 fully saturated rings. The maximum Gasteiger partial charge on any atom is 0.123 e. The van der Waals surface area contributed by atoms with Gasteiger partial charge >= 0.3 is 0 Å². The number of aryl methyl sites for hydroxylation is 1. The minimum Gasteiger partial charge on any atom is -0.370 e. The lowest BCUT2D eigenvalue weighted by molar-refractivity contribution is 0.500. The Balaban J connectivity index is 1.54. The number of aromatic nitrogens is 1. The molecule has 2 aromatic carbocycles. The summed E-state index contributed by atoms with van der Waals surface area (Å²) < 4.78 is 13.7. The van der Waals surface area contributed by atoms with Gasteiger partial charge in [0, 0.05) is 18.5 Å². The number of piperidine rings is 1. The summed E-state index contributed by atoms with van der Waals surface area (Å²) in [4.78, 5) is 6.63. The number of nitriles is 1. The second kappa shape index (κ2) is 8.68. The molecule has 1 saturated heterocycles. The lowest BCUT2D eigenvalue weighted by Gasteiger charge is -2.35. The van der Waals surface area contributed by atoms with Crippen molar-refractivity contribution in [1.29, 1.82) is 5.26 Å². The van der Waals surface area contributed by atoms with Crippen LogP contribution in [0, 0.1) is 24.1 Å². The molecule has 0 amide bonds. The first-order chi connectivity index (χ1) is 14.5. The van der Waals surface area contributed by atoms with Gasteiger partial charge in [-0.3, -0.25) is 0 Å². The van der Waals surface area contributed by atoms with Gasteiger partial charge in [-0.1, -0.05) is 12.6 Å². The van der Waals surface area contributed by atoms with Crippen LogP contribution in [0.15, 0.2) is 53.9 Å². The zero-order chi connectivity index (χ0) is 21.1. The van der Waals surface area contributed by atoms with E-state index in [2.05, 4.69) is 27.8 Å². The highest BCUT2D eigenvalue weighted by atomic mass is 32.1. The molecule has 1 aliphatic rings. The Morgan fingerprint density at radius 1 is 1.27 bits per heavy atom. The van der Waals surface area contributed by atoms with Crippen LogP contribution < -0.4 is 10.2 Å². The van der Waals surface area contributed by atoms with E-state index in [-0.39, 0.29) is 5.82 Å². The van der Waals surface area contributed by atoms with Crippen LogP contribution in [0.3, 0.4) is 0 Å². The predicted octanol–water partition coefficient (Wildman–Crippen LogP) is 5.93. The fourth-order valence-electron chi connectivity index (χ4n) is 4.05. The maximum atomic E-state index is 13.7. The van der Waals surface area contributed by atoms with E-state index < -0.39 is 0 Å². The molecule has 0 saturated carbocycles. The third-order valence-corrected chi connectivity index (χ3v) is 6.26. The average molecular weight is 419 g/mol. The molecule has 6 heteroatoms. The van der Waals surface area contributed by atoms with Crippen LogP contribution in [0.4, 0.5) is 15.8 Å². The van der Waals surface area contributed by atoms with E-state index >= 15 is 0 Å². The van der Waals surface area contributed by atoms with Crippen molar-refractivity contribution < 1.29 is 4.39 Å². The van der Waals surface area contributed by atoms with Crippen LogP contribution in [0.2, 0.25) is 0 Å². The van der Waals surface area contributed by atoms with Crippen LogP contribution in [0.5, 0.6) is 0 Å². The molecular formula is C24H23FN4S. The van der Waals surface area contributed by atoms with Crippen LogP contribution in [0.25, 0.3) is 5.70 Å². The average Bonchev–Trinajstić information content (AvgIpc) is 3.31. The number of halogens is 1. The van der Waals surface area contributed by atoms with Gasteiger partial charge in [0.2, 0.25) is 0 Å². The number of anilines is 2. The van der Waals surface area contributed by atoms with E-state index in [1.165, 1.54) is 17.4 Å². The normalized spacial score (nSPS) is 14.4. The van der Waals surface area contributed by atoms with E-state index in [0.29, 0.717) is 17.2 Å². The van der Waals surface area contributed by atoms with Gasteiger partial charge in [0.05, 0.1) is 39.9 Å². The molecule has 1 aliphatic heterocycles. The van der Waals surface area contributed by atoms with E-state index in [4.69, 9.17) is 0 Å². The van der Waals surface area contributed by atoms with Crippen LogP contribution >= 0.6 is 11.3 Å². The molecule has 1 N–H and O–H groups in total. The molecule has 30 heavy (non-hydrogen) atoms. The number of hydrogen-bond donors (Lipinski definition) is 1. The third-order valence-electron chi connectivity index (χ3n) is 5.67. The number of rotatable bonds is 5. The summed E-state index contributed by atoms with van der Waals surface area (Å²) in [6.07, 6.45) is 1.91. The van der Waals surface area contributed by atoms with Crippen molar-refractivity contribution in [1.82, 2.24) is 4.98 Å². The lowest BCUT2D eigenvalue weighted by Crippen LogP contribution is -2.33. The first-order valence-electron chi connectivity index (χ1n) is 9.95. The molecule has 0 atom stereocenters. The van der Waals surface area contributed by atoms with Gasteiger partial charge in [0.25, 0.3) is 0 Å². The Morgan fingerprint density at radius 2 is 2.07 bits per heavy atom. The van der Waals surface area contributed by atoms with Gasteiger partial charge in [-0.2, -0.15) is 5.26 Å². The summed E-state index contributed by atoms with van der Waals surface area (Å²) in [6, 6.07) is 13.0. The molecule has 0 bridgehead atoms. The van der Waals surface area contributed by atoms with Gasteiger partial charge < -0.3 is 10.2 Å². The number of benzene rings is 2. The van der Waals surface area contributed by atoms with Crippen molar-refractivity contribution in [3.05, 3.63) is 82.1 Å². The zero-order valence-corrected chi connectivity index (χ0v) is 17.7. The summed E-state index contributed by atoms with van der Waals surface area (Å²) in [6.45, 7) is 7.88. The van der Waals surface area contributed by atoms with Crippen LogP contribution in [-0.2, 0) is 0 Å². The first-order valence-corrected chi connectivity index (χ1v) is 10.9. The summed E-state index contributed by atoms with van der Waals surface area (Å²) in [5.41, 5.74) is 8.03. The van der Waals surface area contributed by atoms with Gasteiger partial charge in [0.15, 0.2) is 0 Å². The minimum atomic E-state index is -0.169. The Morgan fingerprint density at radius 3 is 2.77 bits per heavy atom. The molecule has 0 spiro atoms.